The fraction of sp³-hybridized carbons (Fsp3) is 0.294. The van der Waals surface area contributed by atoms with Gasteiger partial charge in [-0.1, -0.05) is 30.3 Å². The van der Waals surface area contributed by atoms with Crippen LogP contribution >= 0.6 is 0 Å². The number of fused-ring (bicyclic) bond motifs is 1. The first-order chi connectivity index (χ1) is 10.3. The van der Waals surface area contributed by atoms with E-state index in [-0.39, 0.29) is 0 Å². The van der Waals surface area contributed by atoms with E-state index < -0.39 is 0 Å². The fourth-order valence-corrected chi connectivity index (χ4v) is 2.73. The normalized spacial score (nSPS) is 14.5. The largest absolute Gasteiger partial charge is 0.354 e. The van der Waals surface area contributed by atoms with Crippen LogP contribution in [0, 0.1) is 0 Å². The van der Waals surface area contributed by atoms with E-state index in [1.807, 2.05) is 23.0 Å². The van der Waals surface area contributed by atoms with Crippen LogP contribution in [0.25, 0.3) is 5.52 Å². The van der Waals surface area contributed by atoms with E-state index in [4.69, 9.17) is 0 Å². The van der Waals surface area contributed by atoms with Crippen LogP contribution in [0.1, 0.15) is 30.0 Å². The molecule has 1 saturated carbocycles. The summed E-state index contributed by atoms with van der Waals surface area (Å²) in [7, 11) is 2.08. The van der Waals surface area contributed by atoms with Crippen molar-refractivity contribution in [2.45, 2.75) is 25.3 Å². The molecule has 0 aliphatic heterocycles. The molecule has 21 heavy (non-hydrogen) atoms. The van der Waals surface area contributed by atoms with Gasteiger partial charge in [0.05, 0.1) is 5.69 Å². The summed E-state index contributed by atoms with van der Waals surface area (Å²) in [6.07, 6.45) is 6.30. The lowest BCUT2D eigenvalue weighted by Crippen LogP contribution is -2.18. The number of benzene rings is 1. The van der Waals surface area contributed by atoms with E-state index in [2.05, 4.69) is 52.4 Å². The van der Waals surface area contributed by atoms with Crippen molar-refractivity contribution in [3.8, 4) is 0 Å². The minimum absolute atomic E-state index is 0.664. The lowest BCUT2D eigenvalue weighted by Gasteiger charge is -2.18. The molecule has 1 aromatic carbocycles. The minimum Gasteiger partial charge on any atom is -0.354 e. The number of hydrogen-bond donors (Lipinski definition) is 0. The lowest BCUT2D eigenvalue weighted by molar-refractivity contribution is 0.859. The van der Waals surface area contributed by atoms with Crippen LogP contribution in [0.4, 0.5) is 5.82 Å². The molecule has 0 spiro atoms. The van der Waals surface area contributed by atoms with Crippen LogP contribution in [0.3, 0.4) is 0 Å². The van der Waals surface area contributed by atoms with E-state index in [9.17, 15) is 0 Å². The SMILES string of the molecule is CN(Cc1ccccc1)c1nccn2nc(C3CC3)cc12. The van der Waals surface area contributed by atoms with Crippen molar-refractivity contribution in [3.05, 3.63) is 60.0 Å². The maximum atomic E-state index is 4.67. The van der Waals surface area contributed by atoms with Crippen LogP contribution in [-0.4, -0.2) is 21.6 Å². The minimum atomic E-state index is 0.664. The Labute approximate surface area is 124 Å². The highest BCUT2D eigenvalue weighted by Gasteiger charge is 2.27. The van der Waals surface area contributed by atoms with Gasteiger partial charge in [-0.3, -0.25) is 0 Å². The first-order valence-electron chi connectivity index (χ1n) is 7.40. The maximum Gasteiger partial charge on any atom is 0.154 e. The summed E-state index contributed by atoms with van der Waals surface area (Å²) < 4.78 is 1.96. The van der Waals surface area contributed by atoms with Crippen molar-refractivity contribution >= 4 is 11.3 Å². The van der Waals surface area contributed by atoms with Crippen molar-refractivity contribution in [2.24, 2.45) is 0 Å². The van der Waals surface area contributed by atoms with E-state index in [0.29, 0.717) is 5.92 Å². The van der Waals surface area contributed by atoms with Gasteiger partial charge >= 0.3 is 0 Å². The second-order valence-electron chi connectivity index (χ2n) is 5.77. The highest BCUT2D eigenvalue weighted by atomic mass is 15.3. The van der Waals surface area contributed by atoms with Gasteiger partial charge in [-0.05, 0) is 24.5 Å². The second kappa shape index (κ2) is 4.88. The number of anilines is 1. The summed E-state index contributed by atoms with van der Waals surface area (Å²) >= 11 is 0. The van der Waals surface area contributed by atoms with Gasteiger partial charge in [-0.2, -0.15) is 5.10 Å². The number of hydrogen-bond acceptors (Lipinski definition) is 3. The van der Waals surface area contributed by atoms with Gasteiger partial charge in [0.15, 0.2) is 5.82 Å². The van der Waals surface area contributed by atoms with Gasteiger partial charge in [0, 0.05) is 31.9 Å². The maximum absolute atomic E-state index is 4.67. The molecule has 4 heteroatoms. The van der Waals surface area contributed by atoms with Gasteiger partial charge < -0.3 is 4.90 Å². The molecule has 3 aromatic rings. The summed E-state index contributed by atoms with van der Waals surface area (Å²) in [5.41, 5.74) is 3.58. The Kier molecular flexibility index (Phi) is 2.88. The van der Waals surface area contributed by atoms with Gasteiger partial charge in [0.25, 0.3) is 0 Å². The summed E-state index contributed by atoms with van der Waals surface area (Å²) in [6.45, 7) is 0.845. The smallest absolute Gasteiger partial charge is 0.154 e. The zero-order chi connectivity index (χ0) is 14.2. The van der Waals surface area contributed by atoms with E-state index >= 15 is 0 Å². The van der Waals surface area contributed by atoms with Crippen LogP contribution in [-0.2, 0) is 6.54 Å². The van der Waals surface area contributed by atoms with E-state index in [1.165, 1.54) is 24.1 Å². The number of rotatable bonds is 4. The molecule has 0 unspecified atom stereocenters. The molecule has 2 heterocycles. The van der Waals surface area contributed by atoms with Crippen molar-refractivity contribution in [1.82, 2.24) is 14.6 Å². The van der Waals surface area contributed by atoms with Crippen molar-refractivity contribution in [2.75, 3.05) is 11.9 Å². The third-order valence-electron chi connectivity index (χ3n) is 4.01. The predicted octanol–water partition coefficient (Wildman–Crippen LogP) is 3.24. The van der Waals surface area contributed by atoms with Gasteiger partial charge in [-0.25, -0.2) is 9.50 Å². The molecule has 106 valence electrons. The van der Waals surface area contributed by atoms with Crippen LogP contribution in [0.5, 0.6) is 0 Å². The van der Waals surface area contributed by atoms with Crippen molar-refractivity contribution in [3.63, 3.8) is 0 Å². The number of aromatic nitrogens is 3. The molecule has 4 nitrogen and oxygen atoms in total. The molecule has 2 aromatic heterocycles. The predicted molar refractivity (Wildman–Crippen MR) is 83.5 cm³/mol. The van der Waals surface area contributed by atoms with Crippen LogP contribution < -0.4 is 4.90 Å². The molecule has 0 bridgehead atoms. The summed E-state index contributed by atoms with van der Waals surface area (Å²) in [4.78, 5) is 6.74. The molecule has 1 aliphatic carbocycles. The Morgan fingerprint density at radius 1 is 1.24 bits per heavy atom. The monoisotopic (exact) mass is 278 g/mol. The Morgan fingerprint density at radius 3 is 2.81 bits per heavy atom. The average molecular weight is 278 g/mol. The first kappa shape index (κ1) is 12.4. The third-order valence-corrected chi connectivity index (χ3v) is 4.01. The van der Waals surface area contributed by atoms with Crippen LogP contribution in [0.2, 0.25) is 0 Å². The molecule has 1 fully saturated rings. The fourth-order valence-electron chi connectivity index (χ4n) is 2.73. The summed E-state index contributed by atoms with van der Waals surface area (Å²) in [6, 6.07) is 12.7. The Morgan fingerprint density at radius 2 is 2.05 bits per heavy atom. The molecule has 1 aliphatic rings. The average Bonchev–Trinajstić information content (AvgIpc) is 3.26. The van der Waals surface area contributed by atoms with E-state index in [1.54, 1.807) is 0 Å². The molecule has 4 rings (SSSR count). The summed E-state index contributed by atoms with van der Waals surface area (Å²) in [5.74, 6) is 1.65. The van der Waals surface area contributed by atoms with Crippen molar-refractivity contribution < 1.29 is 0 Å². The highest BCUT2D eigenvalue weighted by Crippen LogP contribution is 2.40. The van der Waals surface area contributed by atoms with Gasteiger partial charge in [-0.15, -0.1) is 0 Å². The molecular weight excluding hydrogens is 260 g/mol. The topological polar surface area (TPSA) is 33.4 Å². The van der Waals surface area contributed by atoms with E-state index in [0.717, 1.165) is 17.9 Å². The van der Waals surface area contributed by atoms with Crippen molar-refractivity contribution in [1.29, 1.82) is 0 Å². The molecule has 0 saturated heterocycles. The van der Waals surface area contributed by atoms with Gasteiger partial charge in [0.2, 0.25) is 0 Å². The standard InChI is InChI=1S/C17H18N4/c1-20(12-13-5-3-2-4-6-13)17-16-11-15(14-7-8-14)19-21(16)10-9-18-17/h2-6,9-11,14H,7-8,12H2,1H3. The van der Waals surface area contributed by atoms with Crippen LogP contribution in [0.15, 0.2) is 48.8 Å². The molecular formula is C17H18N4. The zero-order valence-electron chi connectivity index (χ0n) is 12.1. The number of nitrogens with zero attached hydrogens (tertiary/aromatic N) is 4. The molecule has 0 N–H and O–H groups in total. The Balaban J connectivity index is 1.68. The summed E-state index contributed by atoms with van der Waals surface area (Å²) in [5, 5.41) is 4.67. The third kappa shape index (κ3) is 2.37. The lowest BCUT2D eigenvalue weighted by atomic mass is 10.2. The Hall–Kier alpha value is -2.36. The quantitative estimate of drug-likeness (QED) is 0.734. The Bertz CT molecular complexity index is 759. The molecule has 0 atom stereocenters. The molecule has 0 amide bonds. The molecule has 0 radical (unpaired) electrons. The first-order valence-corrected chi connectivity index (χ1v) is 7.40. The second-order valence-corrected chi connectivity index (χ2v) is 5.77. The zero-order valence-corrected chi connectivity index (χ0v) is 12.1. The highest BCUT2D eigenvalue weighted by molar-refractivity contribution is 5.69. The van der Waals surface area contributed by atoms with Gasteiger partial charge in [0.1, 0.15) is 5.52 Å².